The smallest absolute Gasteiger partial charge is 0.338 e. The normalized spacial score (nSPS) is 12.8. The van der Waals surface area contributed by atoms with E-state index in [1.165, 1.54) is 0 Å². The summed E-state index contributed by atoms with van der Waals surface area (Å²) in [5.74, 6) is 0. The summed E-state index contributed by atoms with van der Waals surface area (Å²) in [5.41, 5.74) is 0. The molecule has 0 unspecified atom stereocenters. The van der Waals surface area contributed by atoms with Crippen LogP contribution < -0.4 is 0 Å². The van der Waals surface area contributed by atoms with E-state index < -0.39 is 8.56 Å². The summed E-state index contributed by atoms with van der Waals surface area (Å²) < 4.78 is 10.5. The molecule has 0 aromatic heterocycles. The third-order valence-electron chi connectivity index (χ3n) is 1.59. The van der Waals surface area contributed by atoms with Gasteiger partial charge in [-0.2, -0.15) is 0 Å². The van der Waals surface area contributed by atoms with Crippen LogP contribution in [0.15, 0.2) is 12.2 Å². The van der Waals surface area contributed by atoms with Crippen LogP contribution in [0.2, 0.25) is 12.6 Å². The Bertz CT molecular complexity index is 108. The molecule has 2 nitrogen and oxygen atoms in total. The largest absolute Gasteiger partial charge is 0.398 e. The lowest BCUT2D eigenvalue weighted by Gasteiger charge is -2.20. The SMILES string of the molecule is CC=CC[Si](C)(OC)OC. The van der Waals surface area contributed by atoms with Gasteiger partial charge in [-0.05, 0) is 13.5 Å². The summed E-state index contributed by atoms with van der Waals surface area (Å²) >= 11 is 0. The lowest BCUT2D eigenvalue weighted by Crippen LogP contribution is -2.35. The molecule has 0 fully saturated rings. The zero-order valence-corrected chi connectivity index (χ0v) is 8.18. The van der Waals surface area contributed by atoms with E-state index in [1.54, 1.807) is 14.2 Å². The summed E-state index contributed by atoms with van der Waals surface area (Å²) in [7, 11) is 1.61. The van der Waals surface area contributed by atoms with Gasteiger partial charge in [-0.15, -0.1) is 0 Å². The van der Waals surface area contributed by atoms with Crippen molar-refractivity contribution in [1.82, 2.24) is 0 Å². The van der Waals surface area contributed by atoms with E-state index in [2.05, 4.69) is 6.08 Å². The fourth-order valence-corrected chi connectivity index (χ4v) is 1.75. The molecule has 0 spiro atoms. The predicted molar refractivity (Wildman–Crippen MR) is 45.3 cm³/mol. The van der Waals surface area contributed by atoms with Crippen molar-refractivity contribution in [3.05, 3.63) is 12.2 Å². The maximum Gasteiger partial charge on any atom is 0.338 e. The zero-order chi connectivity index (χ0) is 8.04. The Labute approximate surface area is 64.1 Å². The molecule has 0 saturated heterocycles. The molecular weight excluding hydrogens is 144 g/mol. The first-order valence-electron chi connectivity index (χ1n) is 3.40. The molecule has 0 aromatic rings. The fraction of sp³-hybridized carbons (Fsp3) is 0.714. The van der Waals surface area contributed by atoms with Gasteiger partial charge in [-0.25, -0.2) is 0 Å². The minimum atomic E-state index is -1.81. The highest BCUT2D eigenvalue weighted by Crippen LogP contribution is 2.10. The van der Waals surface area contributed by atoms with Gasteiger partial charge in [-0.1, -0.05) is 12.2 Å². The first-order chi connectivity index (χ1) is 4.68. The zero-order valence-electron chi connectivity index (χ0n) is 7.18. The Balaban J connectivity index is 3.80. The van der Waals surface area contributed by atoms with E-state index >= 15 is 0 Å². The van der Waals surface area contributed by atoms with Gasteiger partial charge >= 0.3 is 8.56 Å². The van der Waals surface area contributed by atoms with Gasteiger partial charge in [0.1, 0.15) is 0 Å². The molecule has 0 aliphatic heterocycles. The summed E-state index contributed by atoms with van der Waals surface area (Å²) in [4.78, 5) is 0. The average Bonchev–Trinajstić information content (AvgIpc) is 2.00. The topological polar surface area (TPSA) is 18.5 Å². The van der Waals surface area contributed by atoms with Gasteiger partial charge in [0.25, 0.3) is 0 Å². The molecule has 0 radical (unpaired) electrons. The quantitative estimate of drug-likeness (QED) is 0.462. The first-order valence-corrected chi connectivity index (χ1v) is 5.92. The van der Waals surface area contributed by atoms with Gasteiger partial charge in [0.2, 0.25) is 0 Å². The molecule has 0 saturated carbocycles. The molecule has 0 N–H and O–H groups in total. The molecule has 0 rings (SSSR count). The van der Waals surface area contributed by atoms with Crippen LogP contribution in [-0.2, 0) is 8.85 Å². The Morgan fingerprint density at radius 3 is 2.10 bits per heavy atom. The standard InChI is InChI=1S/C7H16O2Si/c1-5-6-7-10(4,8-2)9-3/h5-6H,7H2,1-4H3. The van der Waals surface area contributed by atoms with E-state index in [9.17, 15) is 0 Å². The number of hydrogen-bond donors (Lipinski definition) is 0. The molecular formula is C7H16O2Si. The molecule has 0 atom stereocenters. The molecule has 0 amide bonds. The second-order valence-electron chi connectivity index (χ2n) is 2.32. The highest BCUT2D eigenvalue weighted by molar-refractivity contribution is 6.66. The van der Waals surface area contributed by atoms with Gasteiger partial charge < -0.3 is 8.85 Å². The number of rotatable bonds is 4. The summed E-state index contributed by atoms with van der Waals surface area (Å²) in [6, 6.07) is 0.927. The lowest BCUT2D eigenvalue weighted by molar-refractivity contribution is 0.253. The van der Waals surface area contributed by atoms with Gasteiger partial charge in [0.05, 0.1) is 0 Å². The van der Waals surface area contributed by atoms with Gasteiger partial charge in [0, 0.05) is 20.3 Å². The number of hydrogen-bond acceptors (Lipinski definition) is 2. The average molecular weight is 160 g/mol. The van der Waals surface area contributed by atoms with Crippen LogP contribution in [0.3, 0.4) is 0 Å². The van der Waals surface area contributed by atoms with Crippen LogP contribution in [-0.4, -0.2) is 22.8 Å². The molecule has 0 bridgehead atoms. The second kappa shape index (κ2) is 4.66. The molecule has 0 aromatic carbocycles. The van der Waals surface area contributed by atoms with Gasteiger partial charge in [-0.3, -0.25) is 0 Å². The van der Waals surface area contributed by atoms with Crippen LogP contribution >= 0.6 is 0 Å². The molecule has 0 heterocycles. The van der Waals surface area contributed by atoms with E-state index in [1.807, 2.05) is 19.5 Å². The van der Waals surface area contributed by atoms with Crippen LogP contribution in [0, 0.1) is 0 Å². The molecule has 0 aliphatic rings. The molecule has 0 aliphatic carbocycles. The third kappa shape index (κ3) is 3.15. The summed E-state index contributed by atoms with van der Waals surface area (Å²) in [5, 5.41) is 0. The van der Waals surface area contributed by atoms with Crippen molar-refractivity contribution in [2.75, 3.05) is 14.2 Å². The number of allylic oxidation sites excluding steroid dienone is 2. The van der Waals surface area contributed by atoms with Crippen molar-refractivity contribution in [1.29, 1.82) is 0 Å². The highest BCUT2D eigenvalue weighted by Gasteiger charge is 2.26. The monoisotopic (exact) mass is 160 g/mol. The maximum absolute atomic E-state index is 5.25. The van der Waals surface area contributed by atoms with Crippen LogP contribution in [0.4, 0.5) is 0 Å². The predicted octanol–water partition coefficient (Wildman–Crippen LogP) is 1.93. The van der Waals surface area contributed by atoms with E-state index in [0.717, 1.165) is 6.04 Å². The Morgan fingerprint density at radius 1 is 1.30 bits per heavy atom. The van der Waals surface area contributed by atoms with Crippen LogP contribution in [0.1, 0.15) is 6.92 Å². The van der Waals surface area contributed by atoms with E-state index in [0.29, 0.717) is 0 Å². The fourth-order valence-electron chi connectivity index (χ4n) is 0.582. The Morgan fingerprint density at radius 2 is 1.80 bits per heavy atom. The lowest BCUT2D eigenvalue weighted by atomic mass is 10.6. The minimum Gasteiger partial charge on any atom is -0.398 e. The van der Waals surface area contributed by atoms with Crippen LogP contribution in [0.5, 0.6) is 0 Å². The van der Waals surface area contributed by atoms with Crippen molar-refractivity contribution in [3.63, 3.8) is 0 Å². The van der Waals surface area contributed by atoms with Crippen molar-refractivity contribution >= 4 is 8.56 Å². The van der Waals surface area contributed by atoms with Gasteiger partial charge in [0.15, 0.2) is 0 Å². The Hall–Kier alpha value is -0.123. The van der Waals surface area contributed by atoms with Crippen molar-refractivity contribution in [3.8, 4) is 0 Å². The highest BCUT2D eigenvalue weighted by atomic mass is 28.4. The second-order valence-corrected chi connectivity index (χ2v) is 5.81. The van der Waals surface area contributed by atoms with Crippen molar-refractivity contribution in [2.45, 2.75) is 19.5 Å². The minimum absolute atomic E-state index is 0.927. The van der Waals surface area contributed by atoms with E-state index in [-0.39, 0.29) is 0 Å². The molecule has 10 heavy (non-hydrogen) atoms. The maximum atomic E-state index is 5.25. The summed E-state index contributed by atoms with van der Waals surface area (Å²) in [6.07, 6.45) is 4.10. The van der Waals surface area contributed by atoms with E-state index in [4.69, 9.17) is 8.85 Å². The van der Waals surface area contributed by atoms with Crippen LogP contribution in [0.25, 0.3) is 0 Å². The van der Waals surface area contributed by atoms with Crippen molar-refractivity contribution < 1.29 is 8.85 Å². The molecule has 60 valence electrons. The van der Waals surface area contributed by atoms with Crippen molar-refractivity contribution in [2.24, 2.45) is 0 Å². The summed E-state index contributed by atoms with van der Waals surface area (Å²) in [6.45, 7) is 4.05. The Kier molecular flexibility index (Phi) is 4.60. The third-order valence-corrected chi connectivity index (χ3v) is 4.29. The first kappa shape index (κ1) is 9.88. The molecule has 3 heteroatoms.